The van der Waals surface area contributed by atoms with Gasteiger partial charge in [-0.05, 0) is 0 Å². The molecule has 3 aromatic heterocycles. The first-order valence-corrected chi connectivity index (χ1v) is 6.35. The van der Waals surface area contributed by atoms with Crippen molar-refractivity contribution in [1.29, 1.82) is 0 Å². The Morgan fingerprint density at radius 2 is 2.35 bits per heavy atom. The molecule has 0 aliphatic carbocycles. The SMILES string of the molecule is O=C(Nc1ccn[nH]1)c1c[nH]c2c1-c1nccn1CC2. The minimum atomic E-state index is -0.178. The summed E-state index contributed by atoms with van der Waals surface area (Å²) in [5.41, 5.74) is 2.54. The summed E-state index contributed by atoms with van der Waals surface area (Å²) in [5.74, 6) is 1.23. The molecule has 0 saturated heterocycles. The average Bonchev–Trinajstić information content (AvgIpc) is 3.17. The number of aromatic amines is 2. The van der Waals surface area contributed by atoms with Crippen LogP contribution in [-0.4, -0.2) is 30.6 Å². The maximum absolute atomic E-state index is 12.4. The number of hydrogen-bond acceptors (Lipinski definition) is 3. The lowest BCUT2D eigenvalue weighted by molar-refractivity contribution is 0.102. The first-order chi connectivity index (χ1) is 9.83. The number of aryl methyl sites for hydroxylation is 2. The van der Waals surface area contributed by atoms with Crippen LogP contribution in [0, 0.1) is 0 Å². The van der Waals surface area contributed by atoms with Crippen molar-refractivity contribution in [3.63, 3.8) is 0 Å². The lowest BCUT2D eigenvalue weighted by Crippen LogP contribution is -2.15. The van der Waals surface area contributed by atoms with Crippen molar-refractivity contribution in [2.24, 2.45) is 0 Å². The second-order valence-corrected chi connectivity index (χ2v) is 4.67. The van der Waals surface area contributed by atoms with E-state index >= 15 is 0 Å². The zero-order valence-corrected chi connectivity index (χ0v) is 10.6. The van der Waals surface area contributed by atoms with Crippen LogP contribution < -0.4 is 5.32 Å². The maximum Gasteiger partial charge on any atom is 0.259 e. The van der Waals surface area contributed by atoms with Gasteiger partial charge < -0.3 is 14.9 Å². The molecule has 4 heterocycles. The van der Waals surface area contributed by atoms with E-state index in [-0.39, 0.29) is 5.91 Å². The number of carbonyl (C=O) groups excluding carboxylic acids is 1. The Hall–Kier alpha value is -2.83. The normalized spacial score (nSPS) is 12.8. The van der Waals surface area contributed by atoms with Gasteiger partial charge in [0.05, 0.1) is 17.3 Å². The molecule has 0 radical (unpaired) electrons. The average molecular weight is 268 g/mol. The van der Waals surface area contributed by atoms with E-state index in [1.807, 2.05) is 6.20 Å². The van der Waals surface area contributed by atoms with Gasteiger partial charge in [0.25, 0.3) is 5.91 Å². The third-order valence-electron chi connectivity index (χ3n) is 3.50. The summed E-state index contributed by atoms with van der Waals surface area (Å²) in [5, 5.41) is 9.30. The molecule has 0 unspecified atom stereocenters. The van der Waals surface area contributed by atoms with Gasteiger partial charge in [0, 0.05) is 43.3 Å². The predicted octanol–water partition coefficient (Wildman–Crippen LogP) is 1.41. The van der Waals surface area contributed by atoms with Crippen LogP contribution >= 0.6 is 0 Å². The van der Waals surface area contributed by atoms with Crippen LogP contribution in [0.5, 0.6) is 0 Å². The van der Waals surface area contributed by atoms with Gasteiger partial charge >= 0.3 is 0 Å². The van der Waals surface area contributed by atoms with E-state index in [9.17, 15) is 4.79 Å². The number of rotatable bonds is 2. The predicted molar refractivity (Wildman–Crippen MR) is 72.3 cm³/mol. The Bertz CT molecular complexity index is 767. The van der Waals surface area contributed by atoms with Crippen molar-refractivity contribution in [2.45, 2.75) is 13.0 Å². The van der Waals surface area contributed by atoms with E-state index in [1.54, 1.807) is 24.7 Å². The first-order valence-electron chi connectivity index (χ1n) is 6.35. The number of imidazole rings is 1. The molecule has 7 heteroatoms. The molecule has 3 aromatic rings. The minimum absolute atomic E-state index is 0.178. The number of amides is 1. The Labute approximate surface area is 114 Å². The van der Waals surface area contributed by atoms with Crippen molar-refractivity contribution in [2.75, 3.05) is 5.32 Å². The molecule has 0 atom stereocenters. The van der Waals surface area contributed by atoms with Gasteiger partial charge in [-0.2, -0.15) is 5.10 Å². The highest BCUT2D eigenvalue weighted by molar-refractivity contribution is 6.08. The quantitative estimate of drug-likeness (QED) is 0.656. The Kier molecular flexibility index (Phi) is 2.26. The first kappa shape index (κ1) is 11.0. The van der Waals surface area contributed by atoms with E-state index in [2.05, 4.69) is 30.0 Å². The molecular formula is C13H12N6O. The molecule has 1 aliphatic heterocycles. The highest BCUT2D eigenvalue weighted by Gasteiger charge is 2.25. The van der Waals surface area contributed by atoms with Crippen molar-refractivity contribution >= 4 is 11.7 Å². The van der Waals surface area contributed by atoms with Crippen molar-refractivity contribution in [3.8, 4) is 11.4 Å². The molecular weight excluding hydrogens is 256 g/mol. The summed E-state index contributed by atoms with van der Waals surface area (Å²) in [6.07, 6.45) is 7.89. The third kappa shape index (κ3) is 1.56. The fourth-order valence-corrected chi connectivity index (χ4v) is 2.56. The smallest absolute Gasteiger partial charge is 0.259 e. The van der Waals surface area contributed by atoms with Gasteiger partial charge in [-0.3, -0.25) is 9.89 Å². The highest BCUT2D eigenvalue weighted by atomic mass is 16.1. The van der Waals surface area contributed by atoms with Crippen LogP contribution in [-0.2, 0) is 13.0 Å². The number of H-pyrrole nitrogens is 2. The topological polar surface area (TPSA) is 91.4 Å². The molecule has 1 aliphatic rings. The van der Waals surface area contributed by atoms with Crippen molar-refractivity contribution in [1.82, 2.24) is 24.7 Å². The van der Waals surface area contributed by atoms with Gasteiger partial charge in [-0.15, -0.1) is 0 Å². The van der Waals surface area contributed by atoms with Gasteiger partial charge in [0.15, 0.2) is 0 Å². The summed E-state index contributed by atoms with van der Waals surface area (Å²) >= 11 is 0. The van der Waals surface area contributed by atoms with Gasteiger partial charge in [0.2, 0.25) is 0 Å². The number of nitrogens with zero attached hydrogens (tertiary/aromatic N) is 3. The molecule has 100 valence electrons. The lowest BCUT2D eigenvalue weighted by Gasteiger charge is -2.15. The Morgan fingerprint density at radius 3 is 3.20 bits per heavy atom. The second-order valence-electron chi connectivity index (χ2n) is 4.67. The lowest BCUT2D eigenvalue weighted by atomic mass is 10.0. The van der Waals surface area contributed by atoms with Gasteiger partial charge in [-0.25, -0.2) is 4.98 Å². The zero-order valence-electron chi connectivity index (χ0n) is 10.6. The molecule has 3 N–H and O–H groups in total. The number of carbonyl (C=O) groups is 1. The highest BCUT2D eigenvalue weighted by Crippen LogP contribution is 2.31. The second kappa shape index (κ2) is 4.09. The Balaban J connectivity index is 1.75. The standard InChI is InChI=1S/C13H12N6O/c20-13(17-10-1-3-16-18-10)8-7-15-9-2-5-19-6-4-14-12(19)11(8)9/h1,3-4,6-7,15H,2,5H2,(H2,16,17,18,20). The Morgan fingerprint density at radius 1 is 1.40 bits per heavy atom. The largest absolute Gasteiger partial charge is 0.364 e. The van der Waals surface area contributed by atoms with Crippen LogP contribution in [0.15, 0.2) is 30.9 Å². The van der Waals surface area contributed by atoms with Crippen LogP contribution in [0.25, 0.3) is 11.4 Å². The molecule has 0 bridgehead atoms. The fourth-order valence-electron chi connectivity index (χ4n) is 2.56. The van der Waals surface area contributed by atoms with Crippen molar-refractivity contribution in [3.05, 3.63) is 42.1 Å². The van der Waals surface area contributed by atoms with E-state index in [0.29, 0.717) is 11.4 Å². The van der Waals surface area contributed by atoms with E-state index in [1.165, 1.54) is 0 Å². The molecule has 0 fully saturated rings. The number of nitrogens with one attached hydrogen (secondary N) is 3. The van der Waals surface area contributed by atoms with Gasteiger partial charge in [0.1, 0.15) is 11.6 Å². The fraction of sp³-hybridized carbons (Fsp3) is 0.154. The van der Waals surface area contributed by atoms with Crippen LogP contribution in [0.2, 0.25) is 0 Å². The van der Waals surface area contributed by atoms with Crippen LogP contribution in [0.4, 0.5) is 5.82 Å². The molecule has 7 nitrogen and oxygen atoms in total. The summed E-state index contributed by atoms with van der Waals surface area (Å²) in [6, 6.07) is 1.71. The molecule has 0 spiro atoms. The van der Waals surface area contributed by atoms with Crippen LogP contribution in [0.3, 0.4) is 0 Å². The summed E-state index contributed by atoms with van der Waals surface area (Å²) < 4.78 is 2.06. The number of anilines is 1. The molecule has 0 saturated carbocycles. The summed E-state index contributed by atoms with van der Waals surface area (Å²) in [4.78, 5) is 19.9. The number of hydrogen-bond donors (Lipinski definition) is 3. The minimum Gasteiger partial charge on any atom is -0.364 e. The molecule has 4 rings (SSSR count). The van der Waals surface area contributed by atoms with Crippen molar-refractivity contribution < 1.29 is 4.79 Å². The number of fused-ring (bicyclic) bond motifs is 3. The van der Waals surface area contributed by atoms with E-state index in [4.69, 9.17) is 0 Å². The van der Waals surface area contributed by atoms with E-state index in [0.717, 1.165) is 30.0 Å². The third-order valence-corrected chi connectivity index (χ3v) is 3.50. The van der Waals surface area contributed by atoms with Gasteiger partial charge in [-0.1, -0.05) is 0 Å². The number of aromatic nitrogens is 5. The molecule has 0 aromatic carbocycles. The summed E-state index contributed by atoms with van der Waals surface area (Å²) in [6.45, 7) is 0.879. The maximum atomic E-state index is 12.4. The summed E-state index contributed by atoms with van der Waals surface area (Å²) in [7, 11) is 0. The molecule has 20 heavy (non-hydrogen) atoms. The molecule has 1 amide bonds. The van der Waals surface area contributed by atoms with E-state index < -0.39 is 0 Å². The monoisotopic (exact) mass is 268 g/mol. The van der Waals surface area contributed by atoms with Crippen LogP contribution in [0.1, 0.15) is 16.1 Å². The zero-order chi connectivity index (χ0) is 13.5.